The van der Waals surface area contributed by atoms with Gasteiger partial charge in [0.2, 0.25) is 0 Å². The molecule has 0 rings (SSSR count). The van der Waals surface area contributed by atoms with Crippen molar-refractivity contribution in [1.82, 2.24) is 0 Å². The van der Waals surface area contributed by atoms with Crippen LogP contribution in [-0.2, 0) is 70.8 Å². The van der Waals surface area contributed by atoms with Crippen molar-refractivity contribution in [2.24, 2.45) is 0 Å². The van der Waals surface area contributed by atoms with Gasteiger partial charge in [-0.15, -0.1) is 0 Å². The minimum atomic E-state index is -4.72. The van der Waals surface area contributed by atoms with Crippen LogP contribution in [0.2, 0.25) is 0 Å². The SMILES string of the molecule is CCOC(=O)CCCCCCC(=O)OCCCCCCCC(=O)OC[C@H](COP(=O)([O-])OCC[N+](C)(C)C)OC(=O)CCCCCCCOC(=O)CCCCCCC(=O)OCC. The van der Waals surface area contributed by atoms with Crippen LogP contribution in [0.1, 0.15) is 168 Å². The van der Waals surface area contributed by atoms with Gasteiger partial charge in [-0.25, -0.2) is 0 Å². The van der Waals surface area contributed by atoms with Crippen LogP contribution >= 0.6 is 7.82 Å². The molecule has 0 aromatic rings. The molecule has 0 bridgehead atoms. The van der Waals surface area contributed by atoms with E-state index in [-0.39, 0.29) is 49.9 Å². The molecule has 17 nitrogen and oxygen atoms in total. The molecule has 0 aliphatic carbocycles. The standard InChI is InChI=1S/C44H80NO16P/c1-6-54-39(46)26-19-12-14-21-28-41(48)56-33-24-16-8-10-18-30-43(50)58-36-38(37-60-62(52,53)59-35-32-45(3,4)5)61-44(51)31-23-11-9-17-25-34-57-42(49)29-22-15-13-20-27-40(47)55-7-2/h38H,6-37H2,1-5H3/t38-/m1/s1. The Morgan fingerprint density at radius 1 is 0.435 bits per heavy atom. The Balaban J connectivity index is 4.38. The van der Waals surface area contributed by atoms with Gasteiger partial charge >= 0.3 is 35.8 Å². The van der Waals surface area contributed by atoms with Crippen molar-refractivity contribution in [1.29, 1.82) is 0 Å². The molecule has 0 amide bonds. The van der Waals surface area contributed by atoms with Gasteiger partial charge in [0.15, 0.2) is 6.10 Å². The van der Waals surface area contributed by atoms with Gasteiger partial charge in [0.25, 0.3) is 7.82 Å². The average molecular weight is 910 g/mol. The molecule has 0 fully saturated rings. The summed E-state index contributed by atoms with van der Waals surface area (Å²) in [5, 5.41) is 0. The van der Waals surface area contributed by atoms with E-state index in [9.17, 15) is 38.2 Å². The van der Waals surface area contributed by atoms with E-state index in [0.29, 0.717) is 95.2 Å². The second kappa shape index (κ2) is 38.4. The van der Waals surface area contributed by atoms with Crippen molar-refractivity contribution in [2.45, 2.75) is 174 Å². The van der Waals surface area contributed by atoms with Crippen molar-refractivity contribution in [3.8, 4) is 0 Å². The lowest BCUT2D eigenvalue weighted by Crippen LogP contribution is -2.37. The Labute approximate surface area is 371 Å². The number of ether oxygens (including phenoxy) is 6. The van der Waals surface area contributed by atoms with Crippen LogP contribution in [0.3, 0.4) is 0 Å². The molecule has 0 heterocycles. The summed E-state index contributed by atoms with van der Waals surface area (Å²) in [4.78, 5) is 84.2. The first-order valence-electron chi connectivity index (χ1n) is 22.9. The van der Waals surface area contributed by atoms with Crippen LogP contribution < -0.4 is 4.89 Å². The van der Waals surface area contributed by atoms with Gasteiger partial charge in [-0.1, -0.05) is 64.2 Å². The Morgan fingerprint density at radius 2 is 0.774 bits per heavy atom. The number of quaternary nitrogens is 1. The second-order valence-electron chi connectivity index (χ2n) is 16.3. The summed E-state index contributed by atoms with van der Waals surface area (Å²) in [6.07, 6.45) is 14.2. The largest absolute Gasteiger partial charge is 0.756 e. The van der Waals surface area contributed by atoms with Crippen LogP contribution in [0.4, 0.5) is 0 Å². The Hall–Kier alpha value is -3.11. The molecular formula is C44H80NO16P. The lowest BCUT2D eigenvalue weighted by molar-refractivity contribution is -0.870. The first-order chi connectivity index (χ1) is 29.6. The normalized spacial score (nSPS) is 12.8. The summed E-state index contributed by atoms with van der Waals surface area (Å²) in [5.74, 6) is -1.94. The third kappa shape index (κ3) is 40.9. The predicted molar refractivity (Wildman–Crippen MR) is 229 cm³/mol. The highest BCUT2D eigenvalue weighted by molar-refractivity contribution is 7.45. The van der Waals surface area contributed by atoms with E-state index in [2.05, 4.69) is 0 Å². The number of nitrogens with zero attached hydrogens (tertiary/aromatic N) is 1. The summed E-state index contributed by atoms with van der Waals surface area (Å²) in [6, 6.07) is 0. The zero-order valence-electron chi connectivity index (χ0n) is 38.6. The first-order valence-corrected chi connectivity index (χ1v) is 24.4. The molecule has 0 saturated heterocycles. The van der Waals surface area contributed by atoms with Crippen LogP contribution in [0.5, 0.6) is 0 Å². The third-order valence-corrected chi connectivity index (χ3v) is 10.3. The number of esters is 6. The Morgan fingerprint density at radius 3 is 1.16 bits per heavy atom. The van der Waals surface area contributed by atoms with Crippen molar-refractivity contribution in [2.75, 3.05) is 73.9 Å². The number of hydrogen-bond acceptors (Lipinski definition) is 16. The summed E-state index contributed by atoms with van der Waals surface area (Å²) in [6.45, 7) is 4.35. The average Bonchev–Trinajstić information content (AvgIpc) is 3.20. The minimum absolute atomic E-state index is 0.0767. The minimum Gasteiger partial charge on any atom is -0.756 e. The van der Waals surface area contributed by atoms with Gasteiger partial charge in [-0.3, -0.25) is 33.3 Å². The van der Waals surface area contributed by atoms with E-state index in [4.69, 9.17) is 37.5 Å². The molecule has 0 spiro atoms. The Bertz CT molecular complexity index is 1270. The maximum atomic E-state index is 12.7. The molecule has 0 aromatic carbocycles. The van der Waals surface area contributed by atoms with Crippen LogP contribution in [0.15, 0.2) is 0 Å². The van der Waals surface area contributed by atoms with Gasteiger partial charge in [-0.2, -0.15) is 0 Å². The van der Waals surface area contributed by atoms with E-state index >= 15 is 0 Å². The zero-order chi connectivity index (χ0) is 46.3. The van der Waals surface area contributed by atoms with E-state index in [0.717, 1.165) is 83.5 Å². The van der Waals surface area contributed by atoms with Gasteiger partial charge in [0.05, 0.1) is 54.2 Å². The van der Waals surface area contributed by atoms with Crippen molar-refractivity contribution in [3.63, 3.8) is 0 Å². The monoisotopic (exact) mass is 910 g/mol. The molecule has 62 heavy (non-hydrogen) atoms. The smallest absolute Gasteiger partial charge is 0.306 e. The number of likely N-dealkylation sites (N-methyl/N-ethyl adjacent to an activating group) is 1. The van der Waals surface area contributed by atoms with Crippen molar-refractivity contribution in [3.05, 3.63) is 0 Å². The maximum absolute atomic E-state index is 12.7. The molecule has 0 aliphatic heterocycles. The summed E-state index contributed by atoms with van der Waals surface area (Å²) in [7, 11) is 0.937. The first kappa shape index (κ1) is 58.9. The topological polar surface area (TPSA) is 216 Å². The zero-order valence-corrected chi connectivity index (χ0v) is 39.5. The quantitative estimate of drug-likeness (QED) is 0.0194. The van der Waals surface area contributed by atoms with Gasteiger partial charge in [-0.05, 0) is 65.2 Å². The molecule has 362 valence electrons. The molecule has 18 heteroatoms. The number of carbonyl (C=O) groups excluding carboxylic acids is 6. The number of unbranched alkanes of at least 4 members (excludes halogenated alkanes) is 14. The third-order valence-electron chi connectivity index (χ3n) is 9.37. The van der Waals surface area contributed by atoms with E-state index in [1.165, 1.54) is 0 Å². The molecular weight excluding hydrogens is 829 g/mol. The molecule has 2 atom stereocenters. The van der Waals surface area contributed by atoms with E-state index < -0.39 is 32.5 Å². The van der Waals surface area contributed by atoms with Crippen LogP contribution in [0.25, 0.3) is 0 Å². The molecule has 0 aliphatic rings. The predicted octanol–water partition coefficient (Wildman–Crippen LogP) is 7.22. The summed E-state index contributed by atoms with van der Waals surface area (Å²) < 4.78 is 54.0. The number of phosphoric ester groups is 1. The molecule has 1 unspecified atom stereocenters. The molecule has 0 aromatic heterocycles. The fourth-order valence-electron chi connectivity index (χ4n) is 5.83. The fraction of sp³-hybridized carbons (Fsp3) is 0.864. The number of phosphoric acid groups is 1. The van der Waals surface area contributed by atoms with Crippen LogP contribution in [-0.4, -0.2) is 120 Å². The van der Waals surface area contributed by atoms with E-state index in [1.54, 1.807) is 13.8 Å². The highest BCUT2D eigenvalue weighted by Gasteiger charge is 2.22. The molecule has 0 saturated carbocycles. The maximum Gasteiger partial charge on any atom is 0.306 e. The van der Waals surface area contributed by atoms with Gasteiger partial charge in [0, 0.05) is 38.5 Å². The van der Waals surface area contributed by atoms with Crippen molar-refractivity contribution >= 4 is 43.6 Å². The highest BCUT2D eigenvalue weighted by atomic mass is 31.2. The second-order valence-corrected chi connectivity index (χ2v) is 17.7. The van der Waals surface area contributed by atoms with Gasteiger partial charge in [0.1, 0.15) is 19.8 Å². The highest BCUT2D eigenvalue weighted by Crippen LogP contribution is 2.38. The van der Waals surface area contributed by atoms with E-state index in [1.807, 2.05) is 21.1 Å². The van der Waals surface area contributed by atoms with Gasteiger partial charge < -0.3 is 46.8 Å². The number of carbonyl (C=O) groups is 6. The fourth-order valence-corrected chi connectivity index (χ4v) is 6.56. The lowest BCUT2D eigenvalue weighted by Gasteiger charge is -2.28. The summed E-state index contributed by atoms with van der Waals surface area (Å²) >= 11 is 0. The Kier molecular flexibility index (Phi) is 36.4. The number of hydrogen-bond donors (Lipinski definition) is 0. The number of rotatable bonds is 42. The van der Waals surface area contributed by atoms with Crippen LogP contribution in [0, 0.1) is 0 Å². The molecule has 0 radical (unpaired) electrons. The summed E-state index contributed by atoms with van der Waals surface area (Å²) in [5.41, 5.74) is 0. The van der Waals surface area contributed by atoms with Crippen molar-refractivity contribution < 1.29 is 80.2 Å². The molecule has 0 N–H and O–H groups in total. The lowest BCUT2D eigenvalue weighted by atomic mass is 10.1.